The van der Waals surface area contributed by atoms with Crippen molar-refractivity contribution in [1.29, 1.82) is 0 Å². The number of hydrogen-bond donors (Lipinski definition) is 2. The molecule has 0 bridgehead atoms. The molecule has 2 heterocycles. The standard InChI is InChI=1S/C14H24N4O2/c1-13(2,3)12(19)20-14(5-7-16-8-6-14)10-18-9-4-11(15)17-18/h4,9,16H,5-8,10H2,1-3H3,(H2,15,17). The second-order valence-corrected chi connectivity index (χ2v) is 6.51. The monoisotopic (exact) mass is 280 g/mol. The number of nitrogens with two attached hydrogens (primary N) is 1. The Morgan fingerprint density at radius 3 is 2.65 bits per heavy atom. The summed E-state index contributed by atoms with van der Waals surface area (Å²) in [4.78, 5) is 12.2. The summed E-state index contributed by atoms with van der Waals surface area (Å²) in [6, 6.07) is 1.75. The lowest BCUT2D eigenvalue weighted by Gasteiger charge is -2.38. The first-order valence-electron chi connectivity index (χ1n) is 7.04. The number of aromatic nitrogens is 2. The van der Waals surface area contributed by atoms with Crippen LogP contribution in [0.15, 0.2) is 12.3 Å². The quantitative estimate of drug-likeness (QED) is 0.812. The summed E-state index contributed by atoms with van der Waals surface area (Å²) in [5.41, 5.74) is 4.65. The average Bonchev–Trinajstić information content (AvgIpc) is 2.74. The Bertz CT molecular complexity index is 470. The molecule has 1 aliphatic heterocycles. The third kappa shape index (κ3) is 3.50. The molecule has 1 aliphatic rings. The number of carbonyl (C=O) groups is 1. The molecular formula is C14H24N4O2. The molecule has 6 heteroatoms. The second-order valence-electron chi connectivity index (χ2n) is 6.51. The molecule has 1 fully saturated rings. The van der Waals surface area contributed by atoms with E-state index < -0.39 is 11.0 Å². The molecule has 112 valence electrons. The number of hydrogen-bond acceptors (Lipinski definition) is 5. The highest BCUT2D eigenvalue weighted by Gasteiger charge is 2.39. The van der Waals surface area contributed by atoms with Crippen LogP contribution in [0.2, 0.25) is 0 Å². The van der Waals surface area contributed by atoms with Gasteiger partial charge >= 0.3 is 5.97 Å². The summed E-state index contributed by atoms with van der Waals surface area (Å²) in [6.07, 6.45) is 3.40. The van der Waals surface area contributed by atoms with Gasteiger partial charge < -0.3 is 15.8 Å². The van der Waals surface area contributed by atoms with E-state index in [1.807, 2.05) is 27.0 Å². The van der Waals surface area contributed by atoms with E-state index in [0.29, 0.717) is 12.4 Å². The fourth-order valence-corrected chi connectivity index (χ4v) is 2.29. The highest BCUT2D eigenvalue weighted by atomic mass is 16.6. The van der Waals surface area contributed by atoms with Crippen molar-refractivity contribution in [2.24, 2.45) is 5.41 Å². The molecule has 20 heavy (non-hydrogen) atoms. The van der Waals surface area contributed by atoms with E-state index in [9.17, 15) is 4.79 Å². The number of nitrogen functional groups attached to an aromatic ring is 1. The first kappa shape index (κ1) is 14.8. The van der Waals surface area contributed by atoms with Gasteiger partial charge in [0.1, 0.15) is 11.4 Å². The summed E-state index contributed by atoms with van der Waals surface area (Å²) < 4.78 is 7.64. The van der Waals surface area contributed by atoms with Gasteiger partial charge in [-0.1, -0.05) is 0 Å². The predicted molar refractivity (Wildman–Crippen MR) is 77.0 cm³/mol. The van der Waals surface area contributed by atoms with Crippen LogP contribution in [-0.4, -0.2) is 34.4 Å². The van der Waals surface area contributed by atoms with Crippen molar-refractivity contribution < 1.29 is 9.53 Å². The molecule has 0 radical (unpaired) electrons. The van der Waals surface area contributed by atoms with Crippen LogP contribution >= 0.6 is 0 Å². The minimum Gasteiger partial charge on any atom is -0.457 e. The number of ether oxygens (including phenoxy) is 1. The molecule has 1 aromatic rings. The number of piperidine rings is 1. The SMILES string of the molecule is CC(C)(C)C(=O)OC1(Cn2ccc(N)n2)CCNCC1. The van der Waals surface area contributed by atoms with Gasteiger partial charge in [-0.05, 0) is 39.9 Å². The Morgan fingerprint density at radius 2 is 2.15 bits per heavy atom. The zero-order chi connectivity index (χ0) is 14.8. The summed E-state index contributed by atoms with van der Waals surface area (Å²) >= 11 is 0. The van der Waals surface area contributed by atoms with Gasteiger partial charge in [-0.3, -0.25) is 9.48 Å². The van der Waals surface area contributed by atoms with Gasteiger partial charge in [-0.2, -0.15) is 5.10 Å². The number of nitrogens with zero attached hydrogens (tertiary/aromatic N) is 2. The largest absolute Gasteiger partial charge is 0.457 e. The summed E-state index contributed by atoms with van der Waals surface area (Å²) in [7, 11) is 0. The van der Waals surface area contributed by atoms with E-state index >= 15 is 0 Å². The van der Waals surface area contributed by atoms with Gasteiger partial charge in [-0.25, -0.2) is 0 Å². The number of nitrogens with one attached hydrogen (secondary N) is 1. The van der Waals surface area contributed by atoms with E-state index in [4.69, 9.17) is 10.5 Å². The fraction of sp³-hybridized carbons (Fsp3) is 0.714. The van der Waals surface area contributed by atoms with Crippen molar-refractivity contribution in [1.82, 2.24) is 15.1 Å². The minimum absolute atomic E-state index is 0.167. The van der Waals surface area contributed by atoms with Crippen molar-refractivity contribution in [2.75, 3.05) is 18.8 Å². The van der Waals surface area contributed by atoms with Crippen LogP contribution in [0.5, 0.6) is 0 Å². The highest BCUT2D eigenvalue weighted by molar-refractivity contribution is 5.75. The third-order valence-electron chi connectivity index (χ3n) is 3.55. The van der Waals surface area contributed by atoms with Gasteiger partial charge in [0.15, 0.2) is 0 Å². The molecule has 3 N–H and O–H groups in total. The van der Waals surface area contributed by atoms with Crippen LogP contribution in [0.4, 0.5) is 5.82 Å². The molecule has 0 aliphatic carbocycles. The van der Waals surface area contributed by atoms with E-state index in [0.717, 1.165) is 25.9 Å². The van der Waals surface area contributed by atoms with Gasteiger partial charge in [-0.15, -0.1) is 0 Å². The van der Waals surface area contributed by atoms with Crippen molar-refractivity contribution in [2.45, 2.75) is 45.8 Å². The Hall–Kier alpha value is -1.56. The fourth-order valence-electron chi connectivity index (χ4n) is 2.29. The zero-order valence-electron chi connectivity index (χ0n) is 12.5. The van der Waals surface area contributed by atoms with Crippen LogP contribution in [0.3, 0.4) is 0 Å². The Kier molecular flexibility index (Phi) is 4.04. The summed E-state index contributed by atoms with van der Waals surface area (Å²) in [5.74, 6) is 0.316. The summed E-state index contributed by atoms with van der Waals surface area (Å²) in [6.45, 7) is 7.85. The lowest BCUT2D eigenvalue weighted by atomic mass is 9.90. The second kappa shape index (κ2) is 5.44. The Morgan fingerprint density at radius 1 is 1.50 bits per heavy atom. The highest BCUT2D eigenvalue weighted by Crippen LogP contribution is 2.29. The number of esters is 1. The number of carbonyl (C=O) groups excluding carboxylic acids is 1. The molecule has 6 nitrogen and oxygen atoms in total. The van der Waals surface area contributed by atoms with Gasteiger partial charge in [0, 0.05) is 19.0 Å². The van der Waals surface area contributed by atoms with Gasteiger partial charge in [0.05, 0.1) is 12.0 Å². The average molecular weight is 280 g/mol. The lowest BCUT2D eigenvalue weighted by molar-refractivity contribution is -0.174. The molecule has 1 saturated heterocycles. The predicted octanol–water partition coefficient (Wildman–Crippen LogP) is 1.18. The molecular weight excluding hydrogens is 256 g/mol. The Labute approximate surface area is 119 Å². The topological polar surface area (TPSA) is 82.2 Å². The normalized spacial score (nSPS) is 18.8. The molecule has 0 aromatic carbocycles. The molecule has 0 saturated carbocycles. The zero-order valence-corrected chi connectivity index (χ0v) is 12.5. The molecule has 1 aromatic heterocycles. The van der Waals surface area contributed by atoms with Crippen LogP contribution in [0, 0.1) is 5.41 Å². The first-order valence-corrected chi connectivity index (χ1v) is 7.04. The lowest BCUT2D eigenvalue weighted by Crippen LogP contribution is -2.49. The maximum Gasteiger partial charge on any atom is 0.311 e. The van der Waals surface area contributed by atoms with Gasteiger partial charge in [0.25, 0.3) is 0 Å². The Balaban J connectivity index is 2.15. The van der Waals surface area contributed by atoms with E-state index in [1.54, 1.807) is 10.7 Å². The smallest absolute Gasteiger partial charge is 0.311 e. The maximum atomic E-state index is 12.2. The van der Waals surface area contributed by atoms with Crippen LogP contribution in [0.25, 0.3) is 0 Å². The van der Waals surface area contributed by atoms with E-state index in [2.05, 4.69) is 10.4 Å². The molecule has 0 amide bonds. The van der Waals surface area contributed by atoms with Crippen molar-refractivity contribution in [3.63, 3.8) is 0 Å². The summed E-state index contributed by atoms with van der Waals surface area (Å²) in [5, 5.41) is 7.50. The van der Waals surface area contributed by atoms with Crippen molar-refractivity contribution in [3.05, 3.63) is 12.3 Å². The molecule has 0 atom stereocenters. The number of rotatable bonds is 3. The van der Waals surface area contributed by atoms with Crippen LogP contribution in [0.1, 0.15) is 33.6 Å². The molecule has 0 unspecified atom stereocenters. The van der Waals surface area contributed by atoms with Crippen molar-refractivity contribution >= 4 is 11.8 Å². The first-order chi connectivity index (χ1) is 9.31. The molecule has 0 spiro atoms. The number of anilines is 1. The van der Waals surface area contributed by atoms with Crippen LogP contribution in [-0.2, 0) is 16.1 Å². The maximum absolute atomic E-state index is 12.2. The third-order valence-corrected chi connectivity index (χ3v) is 3.55. The van der Waals surface area contributed by atoms with E-state index in [-0.39, 0.29) is 5.97 Å². The van der Waals surface area contributed by atoms with E-state index in [1.165, 1.54) is 0 Å². The van der Waals surface area contributed by atoms with Crippen LogP contribution < -0.4 is 11.1 Å². The minimum atomic E-state index is -0.499. The molecule has 2 rings (SSSR count). The van der Waals surface area contributed by atoms with Crippen molar-refractivity contribution in [3.8, 4) is 0 Å². The van der Waals surface area contributed by atoms with Gasteiger partial charge in [0.2, 0.25) is 0 Å².